The number of carbonyl (C=O) groups excluding carboxylic acids is 2. The lowest BCUT2D eigenvalue weighted by molar-refractivity contribution is 0.0786. The minimum atomic E-state index is -1.07. The Morgan fingerprint density at radius 2 is 1.55 bits per heavy atom. The summed E-state index contributed by atoms with van der Waals surface area (Å²) in [6.45, 7) is 5.73. The van der Waals surface area contributed by atoms with Gasteiger partial charge in [-0.1, -0.05) is 31.2 Å². The molecule has 0 radical (unpaired) electrons. The summed E-state index contributed by atoms with van der Waals surface area (Å²) < 4.78 is 27.9. The van der Waals surface area contributed by atoms with Gasteiger partial charge >= 0.3 is 0 Å². The predicted octanol–water partition coefficient (Wildman–Crippen LogP) is 3.96. The maximum absolute atomic E-state index is 13.9. The Morgan fingerprint density at radius 1 is 0.881 bits per heavy atom. The molecule has 226 valence electrons. The molecule has 0 unspecified atom stereocenters. The van der Waals surface area contributed by atoms with Crippen LogP contribution in [0.5, 0.6) is 0 Å². The molecule has 3 N–H and O–H groups in total. The van der Waals surface area contributed by atoms with E-state index in [0.29, 0.717) is 30.8 Å². The lowest BCUT2D eigenvalue weighted by Gasteiger charge is -2.25. The van der Waals surface area contributed by atoms with Gasteiger partial charge in [-0.15, -0.1) is 0 Å². The van der Waals surface area contributed by atoms with Crippen molar-refractivity contribution in [1.82, 2.24) is 20.4 Å². The van der Waals surface area contributed by atoms with Crippen LogP contribution in [0.25, 0.3) is 0 Å². The molecule has 0 heterocycles. The van der Waals surface area contributed by atoms with E-state index in [-0.39, 0.29) is 24.4 Å². The molecule has 2 amide bonds. The Balaban J connectivity index is 1.78. The minimum absolute atomic E-state index is 0.000533. The number of rotatable bonds is 14. The molecule has 0 saturated heterocycles. The zero-order valence-electron chi connectivity index (χ0n) is 25.1. The lowest BCUT2D eigenvalue weighted by atomic mass is 9.99. The van der Waals surface area contributed by atoms with E-state index in [1.807, 2.05) is 37.2 Å². The zero-order chi connectivity index (χ0) is 30.8. The molecule has 0 aliphatic heterocycles. The quantitative estimate of drug-likeness (QED) is 0.269. The maximum Gasteiger partial charge on any atom is 0.253 e. The molecule has 7 nitrogen and oxygen atoms in total. The molecule has 0 spiro atoms. The number of amides is 2. The van der Waals surface area contributed by atoms with E-state index in [9.17, 15) is 23.5 Å². The van der Waals surface area contributed by atoms with Gasteiger partial charge in [0.15, 0.2) is 0 Å². The summed E-state index contributed by atoms with van der Waals surface area (Å²) in [4.78, 5) is 30.1. The predicted molar refractivity (Wildman–Crippen MR) is 162 cm³/mol. The first kappa shape index (κ1) is 32.8. The second-order valence-corrected chi connectivity index (χ2v) is 11.1. The molecule has 3 aromatic rings. The molecule has 0 aromatic heterocycles. The molecule has 2 atom stereocenters. The van der Waals surface area contributed by atoms with E-state index in [1.54, 1.807) is 31.0 Å². The highest BCUT2D eigenvalue weighted by Crippen LogP contribution is 2.16. The third kappa shape index (κ3) is 10.0. The Morgan fingerprint density at radius 3 is 2.21 bits per heavy atom. The first-order chi connectivity index (χ1) is 19.9. The first-order valence-corrected chi connectivity index (χ1v) is 14.2. The number of hydrogen-bond acceptors (Lipinski definition) is 5. The summed E-state index contributed by atoms with van der Waals surface area (Å²) in [7, 11) is 5.57. The highest BCUT2D eigenvalue weighted by Gasteiger charge is 2.24. The summed E-state index contributed by atoms with van der Waals surface area (Å²) >= 11 is 0. The number of hydrogen-bond donors (Lipinski definition) is 3. The van der Waals surface area contributed by atoms with Gasteiger partial charge in [-0.25, -0.2) is 8.78 Å². The van der Waals surface area contributed by atoms with Gasteiger partial charge in [0.1, 0.15) is 11.6 Å². The van der Waals surface area contributed by atoms with Crippen LogP contribution in [-0.2, 0) is 19.4 Å². The average Bonchev–Trinajstić information content (AvgIpc) is 2.94. The summed E-state index contributed by atoms with van der Waals surface area (Å²) in [5, 5.41) is 17.2. The molecule has 3 rings (SSSR count). The van der Waals surface area contributed by atoms with E-state index in [4.69, 9.17) is 0 Å². The number of likely N-dealkylation sites (N-methyl/N-ethyl adjacent to an activating group) is 2. The standard InChI is InChI=1S/C33H42F2N4O3/c1-6-23-8-7-9-24(14-23)20-36-21-31(40)30(17-25-15-28(34)19-29(35)16-25)37-32(41)26-12-22(2)13-27(18-26)33(42)39(5)11-10-38(3)4/h7-9,12-16,18-19,30-31,36,40H,6,10-11,17,20-21H2,1-5H3,(H,37,41)/t30-,31+/m0/s1. The zero-order valence-corrected chi connectivity index (χ0v) is 25.1. The smallest absolute Gasteiger partial charge is 0.253 e. The topological polar surface area (TPSA) is 84.9 Å². The van der Waals surface area contributed by atoms with Crippen molar-refractivity contribution in [3.63, 3.8) is 0 Å². The maximum atomic E-state index is 13.9. The minimum Gasteiger partial charge on any atom is -0.390 e. The van der Waals surface area contributed by atoms with Crippen molar-refractivity contribution >= 4 is 11.8 Å². The van der Waals surface area contributed by atoms with Crippen LogP contribution < -0.4 is 10.6 Å². The van der Waals surface area contributed by atoms with E-state index >= 15 is 0 Å². The molecule has 0 saturated carbocycles. The highest BCUT2D eigenvalue weighted by atomic mass is 19.1. The number of halogens is 2. The van der Waals surface area contributed by atoms with Crippen LogP contribution in [0, 0.1) is 18.6 Å². The Labute approximate surface area is 247 Å². The fourth-order valence-electron chi connectivity index (χ4n) is 4.69. The summed E-state index contributed by atoms with van der Waals surface area (Å²) in [6.07, 6.45) is -0.162. The number of aliphatic hydroxyl groups excluding tert-OH is 1. The molecule has 0 fully saturated rings. The van der Waals surface area contributed by atoms with Gasteiger partial charge in [0, 0.05) is 50.4 Å². The van der Waals surface area contributed by atoms with Gasteiger partial charge in [-0.05, 0) is 86.4 Å². The van der Waals surface area contributed by atoms with Gasteiger partial charge < -0.3 is 25.5 Å². The summed E-state index contributed by atoms with van der Waals surface area (Å²) in [5.74, 6) is -2.18. The molecule has 0 aliphatic rings. The first-order valence-electron chi connectivity index (χ1n) is 14.2. The molecule has 42 heavy (non-hydrogen) atoms. The number of benzene rings is 3. The van der Waals surface area contributed by atoms with Crippen LogP contribution >= 0.6 is 0 Å². The van der Waals surface area contributed by atoms with Crippen LogP contribution in [0.3, 0.4) is 0 Å². The third-order valence-electron chi connectivity index (χ3n) is 7.06. The molecular formula is C33H42F2N4O3. The second-order valence-electron chi connectivity index (χ2n) is 11.1. The molecular weight excluding hydrogens is 538 g/mol. The number of carbonyl (C=O) groups is 2. The van der Waals surface area contributed by atoms with Gasteiger partial charge in [0.05, 0.1) is 12.1 Å². The van der Waals surface area contributed by atoms with Gasteiger partial charge in [-0.3, -0.25) is 9.59 Å². The Hall–Kier alpha value is -3.66. The number of nitrogens with one attached hydrogen (secondary N) is 2. The third-order valence-corrected chi connectivity index (χ3v) is 7.06. The average molecular weight is 581 g/mol. The van der Waals surface area contributed by atoms with Crippen LogP contribution in [0.1, 0.15) is 49.9 Å². The van der Waals surface area contributed by atoms with E-state index in [1.165, 1.54) is 23.8 Å². The normalized spacial score (nSPS) is 12.7. The number of aliphatic hydroxyl groups is 1. The van der Waals surface area contributed by atoms with Gasteiger partial charge in [0.2, 0.25) is 0 Å². The second kappa shape index (κ2) is 15.5. The van der Waals surface area contributed by atoms with Crippen molar-refractivity contribution < 1.29 is 23.5 Å². The van der Waals surface area contributed by atoms with Crippen molar-refractivity contribution in [2.75, 3.05) is 40.8 Å². The fraction of sp³-hybridized carbons (Fsp3) is 0.394. The fourth-order valence-corrected chi connectivity index (χ4v) is 4.69. The van der Waals surface area contributed by atoms with Crippen molar-refractivity contribution in [3.8, 4) is 0 Å². The molecule has 0 aliphatic carbocycles. The Bertz CT molecular complexity index is 1340. The number of nitrogens with zero attached hydrogens (tertiary/aromatic N) is 2. The molecule has 3 aromatic carbocycles. The van der Waals surface area contributed by atoms with Crippen molar-refractivity contribution in [1.29, 1.82) is 0 Å². The van der Waals surface area contributed by atoms with Crippen molar-refractivity contribution in [2.24, 2.45) is 0 Å². The summed E-state index contributed by atoms with van der Waals surface area (Å²) in [5.41, 5.74) is 3.92. The molecule has 0 bridgehead atoms. The van der Waals surface area contributed by atoms with Gasteiger partial charge in [0.25, 0.3) is 11.8 Å². The highest BCUT2D eigenvalue weighted by molar-refractivity contribution is 6.00. The van der Waals surface area contributed by atoms with Crippen LogP contribution in [0.15, 0.2) is 60.7 Å². The monoisotopic (exact) mass is 580 g/mol. The van der Waals surface area contributed by atoms with Crippen molar-refractivity contribution in [2.45, 2.75) is 45.4 Å². The number of aryl methyl sites for hydroxylation is 2. The van der Waals surface area contributed by atoms with E-state index in [0.717, 1.165) is 23.6 Å². The van der Waals surface area contributed by atoms with E-state index in [2.05, 4.69) is 23.6 Å². The van der Waals surface area contributed by atoms with Gasteiger partial charge in [-0.2, -0.15) is 0 Å². The largest absolute Gasteiger partial charge is 0.390 e. The van der Waals surface area contributed by atoms with Crippen LogP contribution in [0.4, 0.5) is 8.78 Å². The SMILES string of the molecule is CCc1cccc(CNC[C@@H](O)[C@H](Cc2cc(F)cc(F)c2)NC(=O)c2cc(C)cc(C(=O)N(C)CCN(C)C)c2)c1. The van der Waals surface area contributed by atoms with Crippen molar-refractivity contribution in [3.05, 3.63) is 106 Å². The molecule has 9 heteroatoms. The summed E-state index contributed by atoms with van der Waals surface area (Å²) in [6, 6.07) is 15.3. The van der Waals surface area contributed by atoms with Crippen LogP contribution in [0.2, 0.25) is 0 Å². The van der Waals surface area contributed by atoms with E-state index < -0.39 is 29.7 Å². The van der Waals surface area contributed by atoms with Crippen LogP contribution in [-0.4, -0.2) is 79.6 Å². The Kier molecular flexibility index (Phi) is 12.2. The lowest BCUT2D eigenvalue weighted by Crippen LogP contribution is -2.48.